The summed E-state index contributed by atoms with van der Waals surface area (Å²) in [6.07, 6.45) is 3.97. The van der Waals surface area contributed by atoms with Crippen LogP contribution in [0, 0.1) is 0 Å². The summed E-state index contributed by atoms with van der Waals surface area (Å²) in [4.78, 5) is 33.2. The maximum absolute atomic E-state index is 12.6. The van der Waals surface area contributed by atoms with Crippen LogP contribution in [0.2, 0.25) is 0 Å². The fourth-order valence-corrected chi connectivity index (χ4v) is 2.38. The number of fused-ring (bicyclic) bond motifs is 1. The number of rotatable bonds is 4. The van der Waals surface area contributed by atoms with E-state index >= 15 is 0 Å². The molecule has 1 N–H and O–H groups in total. The quantitative estimate of drug-likeness (QED) is 0.795. The molecule has 116 valence electrons. The molecule has 0 saturated carbocycles. The Kier molecular flexibility index (Phi) is 4.14. The normalized spacial score (nSPS) is 10.7. The maximum Gasteiger partial charge on any atom is 0.280 e. The fourth-order valence-electron chi connectivity index (χ4n) is 2.38. The molecule has 23 heavy (non-hydrogen) atoms. The van der Waals surface area contributed by atoms with Crippen molar-refractivity contribution in [1.82, 2.24) is 14.6 Å². The van der Waals surface area contributed by atoms with Gasteiger partial charge in [0, 0.05) is 18.8 Å². The molecule has 0 radical (unpaired) electrons. The van der Waals surface area contributed by atoms with E-state index in [1.807, 2.05) is 13.0 Å². The average molecular weight is 308 g/mol. The zero-order valence-electron chi connectivity index (χ0n) is 12.7. The van der Waals surface area contributed by atoms with E-state index in [1.165, 1.54) is 4.68 Å². The lowest BCUT2D eigenvalue weighted by molar-refractivity contribution is -0.116. The van der Waals surface area contributed by atoms with Crippen molar-refractivity contribution in [3.8, 4) is 0 Å². The molecule has 0 fully saturated rings. The number of benzene rings is 1. The van der Waals surface area contributed by atoms with Gasteiger partial charge in [-0.25, -0.2) is 9.66 Å². The summed E-state index contributed by atoms with van der Waals surface area (Å²) in [6.45, 7) is 1.89. The van der Waals surface area contributed by atoms with Gasteiger partial charge in [0.05, 0.1) is 17.3 Å². The molecule has 1 aromatic carbocycles. The topological polar surface area (TPSA) is 76.9 Å². The average Bonchev–Trinajstić information content (AvgIpc) is 2.58. The van der Waals surface area contributed by atoms with E-state index in [4.69, 9.17) is 0 Å². The first-order chi connectivity index (χ1) is 11.2. The second-order valence-corrected chi connectivity index (χ2v) is 5.11. The van der Waals surface area contributed by atoms with Gasteiger partial charge in [0.2, 0.25) is 5.91 Å². The van der Waals surface area contributed by atoms with Crippen molar-refractivity contribution in [2.75, 3.05) is 5.43 Å². The molecule has 3 aromatic rings. The monoisotopic (exact) mass is 308 g/mol. The van der Waals surface area contributed by atoms with Crippen LogP contribution in [0.15, 0.2) is 53.6 Å². The van der Waals surface area contributed by atoms with Crippen molar-refractivity contribution in [2.45, 2.75) is 19.8 Å². The minimum Gasteiger partial charge on any atom is -0.273 e. The number of hydrogen-bond acceptors (Lipinski definition) is 4. The van der Waals surface area contributed by atoms with Crippen molar-refractivity contribution in [2.24, 2.45) is 0 Å². The third-order valence-corrected chi connectivity index (χ3v) is 3.51. The molecule has 0 saturated heterocycles. The molecule has 0 atom stereocenters. The summed E-state index contributed by atoms with van der Waals surface area (Å²) >= 11 is 0. The Morgan fingerprint density at radius 2 is 1.91 bits per heavy atom. The molecule has 6 nitrogen and oxygen atoms in total. The molecule has 2 aromatic heterocycles. The molecule has 0 spiro atoms. The number of carbonyl (C=O) groups excluding carboxylic acids is 1. The van der Waals surface area contributed by atoms with Gasteiger partial charge in [-0.3, -0.25) is 20.0 Å². The number of nitrogens with one attached hydrogen (secondary N) is 1. The van der Waals surface area contributed by atoms with Gasteiger partial charge in [-0.15, -0.1) is 0 Å². The van der Waals surface area contributed by atoms with E-state index in [0.717, 1.165) is 5.56 Å². The first-order valence-corrected chi connectivity index (χ1v) is 7.38. The number of nitrogens with zero attached hydrogens (tertiary/aromatic N) is 3. The number of para-hydroxylation sites is 1. The summed E-state index contributed by atoms with van der Waals surface area (Å²) in [5.74, 6) is 0.252. The predicted molar refractivity (Wildman–Crippen MR) is 87.7 cm³/mol. The van der Waals surface area contributed by atoms with Crippen LogP contribution >= 0.6 is 0 Å². The third kappa shape index (κ3) is 3.11. The lowest BCUT2D eigenvalue weighted by atomic mass is 10.2. The second-order valence-electron chi connectivity index (χ2n) is 5.11. The first-order valence-electron chi connectivity index (χ1n) is 7.38. The Morgan fingerprint density at radius 3 is 2.65 bits per heavy atom. The highest BCUT2D eigenvalue weighted by atomic mass is 16.2. The first kappa shape index (κ1) is 14.9. The van der Waals surface area contributed by atoms with Crippen LogP contribution in [-0.2, 0) is 17.6 Å². The Balaban J connectivity index is 1.94. The van der Waals surface area contributed by atoms with Crippen LogP contribution < -0.4 is 11.0 Å². The van der Waals surface area contributed by atoms with Crippen LogP contribution in [-0.4, -0.2) is 20.6 Å². The molecule has 3 rings (SSSR count). The maximum atomic E-state index is 12.6. The van der Waals surface area contributed by atoms with Gasteiger partial charge in [-0.05, 0) is 29.8 Å². The van der Waals surface area contributed by atoms with Crippen LogP contribution in [0.25, 0.3) is 10.9 Å². The van der Waals surface area contributed by atoms with Crippen LogP contribution in [0.5, 0.6) is 0 Å². The van der Waals surface area contributed by atoms with Gasteiger partial charge < -0.3 is 0 Å². The van der Waals surface area contributed by atoms with Crippen molar-refractivity contribution in [3.63, 3.8) is 0 Å². The van der Waals surface area contributed by atoms with E-state index in [0.29, 0.717) is 23.1 Å². The fraction of sp³-hybridized carbons (Fsp3) is 0.176. The number of aromatic nitrogens is 3. The number of aryl methyl sites for hydroxylation is 1. The smallest absolute Gasteiger partial charge is 0.273 e. The number of carbonyl (C=O) groups is 1. The van der Waals surface area contributed by atoms with Crippen LogP contribution in [0.3, 0.4) is 0 Å². The molecule has 1 amide bonds. The van der Waals surface area contributed by atoms with E-state index in [-0.39, 0.29) is 17.9 Å². The Morgan fingerprint density at radius 1 is 1.17 bits per heavy atom. The minimum absolute atomic E-state index is 0.172. The zero-order valence-corrected chi connectivity index (χ0v) is 12.7. The molecular formula is C17H16N4O2. The molecule has 0 bridgehead atoms. The summed E-state index contributed by atoms with van der Waals surface area (Å²) in [6, 6.07) is 10.6. The molecule has 2 heterocycles. The highest BCUT2D eigenvalue weighted by molar-refractivity contribution is 5.86. The van der Waals surface area contributed by atoms with E-state index < -0.39 is 0 Å². The molecular weight excluding hydrogens is 292 g/mol. The number of hydrogen-bond donors (Lipinski definition) is 1. The Hall–Kier alpha value is -3.02. The van der Waals surface area contributed by atoms with Gasteiger partial charge in [0.15, 0.2) is 0 Å². The summed E-state index contributed by atoms with van der Waals surface area (Å²) in [5, 5.41) is 0.480. The molecule has 0 aliphatic rings. The largest absolute Gasteiger partial charge is 0.280 e. The molecule has 6 heteroatoms. The van der Waals surface area contributed by atoms with Gasteiger partial charge >= 0.3 is 0 Å². The SMILES string of the molecule is CCc1nc2ccccc2c(=O)n1NC(=O)Cc1ccncc1. The van der Waals surface area contributed by atoms with Crippen molar-refractivity contribution >= 4 is 16.8 Å². The van der Waals surface area contributed by atoms with Crippen molar-refractivity contribution < 1.29 is 4.79 Å². The zero-order chi connectivity index (χ0) is 16.2. The van der Waals surface area contributed by atoms with E-state index in [9.17, 15) is 9.59 Å². The molecule has 0 aliphatic carbocycles. The van der Waals surface area contributed by atoms with Gasteiger partial charge in [0.1, 0.15) is 5.82 Å². The Bertz CT molecular complexity index is 903. The summed E-state index contributed by atoms with van der Waals surface area (Å²) in [7, 11) is 0. The van der Waals surface area contributed by atoms with Crippen molar-refractivity contribution in [1.29, 1.82) is 0 Å². The summed E-state index contributed by atoms with van der Waals surface area (Å²) in [5.41, 5.74) is 3.85. The standard InChI is InChI=1S/C17H16N4O2/c1-2-15-19-14-6-4-3-5-13(14)17(23)21(15)20-16(22)11-12-7-9-18-10-8-12/h3-10H,2,11H2,1H3,(H,20,22). The van der Waals surface area contributed by atoms with Crippen LogP contribution in [0.1, 0.15) is 18.3 Å². The van der Waals surface area contributed by atoms with Crippen LogP contribution in [0.4, 0.5) is 0 Å². The molecule has 0 aliphatic heterocycles. The van der Waals surface area contributed by atoms with E-state index in [2.05, 4.69) is 15.4 Å². The van der Waals surface area contributed by atoms with Gasteiger partial charge in [-0.1, -0.05) is 19.1 Å². The highest BCUT2D eigenvalue weighted by Gasteiger charge is 2.12. The van der Waals surface area contributed by atoms with Crippen molar-refractivity contribution in [3.05, 3.63) is 70.5 Å². The minimum atomic E-state index is -0.273. The Labute approximate surface area is 132 Å². The number of pyridine rings is 1. The molecule has 0 unspecified atom stereocenters. The third-order valence-electron chi connectivity index (χ3n) is 3.51. The lowest BCUT2D eigenvalue weighted by Gasteiger charge is -2.13. The highest BCUT2D eigenvalue weighted by Crippen LogP contribution is 2.07. The predicted octanol–water partition coefficient (Wildman–Crippen LogP) is 1.67. The van der Waals surface area contributed by atoms with E-state index in [1.54, 1.807) is 42.7 Å². The van der Waals surface area contributed by atoms with Gasteiger partial charge in [-0.2, -0.15) is 0 Å². The number of amides is 1. The lowest BCUT2D eigenvalue weighted by Crippen LogP contribution is -2.37. The summed E-state index contributed by atoms with van der Waals surface area (Å²) < 4.78 is 1.24. The second kappa shape index (κ2) is 6.39. The van der Waals surface area contributed by atoms with Gasteiger partial charge in [0.25, 0.3) is 5.56 Å².